The van der Waals surface area contributed by atoms with Gasteiger partial charge in [0.15, 0.2) is 0 Å². The molecule has 4 fully saturated rings. The fraction of sp³-hybridized carbons (Fsp3) is 0.900. The van der Waals surface area contributed by atoms with Crippen LogP contribution in [-0.2, 0) is 9.53 Å². The normalized spacial score (nSPS) is 51.4. The Balaban J connectivity index is 1.55. The Bertz CT molecular complexity index is 833. The van der Waals surface area contributed by atoms with Crippen molar-refractivity contribution in [3.05, 3.63) is 11.6 Å². The number of hydrogen-bond donors (Lipinski definition) is 0. The van der Waals surface area contributed by atoms with Crippen molar-refractivity contribution in [1.82, 2.24) is 4.90 Å². The number of carbonyl (C=O) groups excluding carboxylic acids is 1. The summed E-state index contributed by atoms with van der Waals surface area (Å²) in [5.41, 5.74) is 2.55. The number of hydrogen-bond acceptors (Lipinski definition) is 2. The molecule has 0 aliphatic heterocycles. The van der Waals surface area contributed by atoms with Crippen molar-refractivity contribution in [3.63, 3.8) is 0 Å². The van der Waals surface area contributed by atoms with Crippen molar-refractivity contribution >= 4 is 5.91 Å². The van der Waals surface area contributed by atoms with Crippen LogP contribution in [0.2, 0.25) is 0 Å². The van der Waals surface area contributed by atoms with Crippen molar-refractivity contribution in [2.24, 2.45) is 45.3 Å². The molecule has 0 bridgehead atoms. The second-order valence-corrected chi connectivity index (χ2v) is 13.7. The molecule has 0 N–H and O–H groups in total. The van der Waals surface area contributed by atoms with Gasteiger partial charge >= 0.3 is 0 Å². The van der Waals surface area contributed by atoms with Crippen LogP contribution in [0.25, 0.3) is 0 Å². The molecular formula is C30H49NO2. The van der Waals surface area contributed by atoms with E-state index in [1.807, 2.05) is 26.1 Å². The van der Waals surface area contributed by atoms with Gasteiger partial charge in [-0.2, -0.15) is 0 Å². The van der Waals surface area contributed by atoms with Crippen LogP contribution in [-0.4, -0.2) is 38.1 Å². The van der Waals surface area contributed by atoms with E-state index in [-0.39, 0.29) is 10.8 Å². The standard InChI is InChI=1S/C30H49NO2/c1-20-21-13-17-29(4)25(27(21,2)16-14-24(20)33-7)12-11-22-23-10-8-9-15-30(23,26(32)31(5)6)19-18-28(22,29)3/h11,20-21,23-25H,8-10,12-19H2,1-7H3/t20?,21?,23?,24?,25?,27?,28-,29?,30?/m1/s1. The van der Waals surface area contributed by atoms with E-state index < -0.39 is 0 Å². The third-order valence-electron chi connectivity index (χ3n) is 12.7. The molecule has 0 spiro atoms. The topological polar surface area (TPSA) is 29.5 Å². The summed E-state index contributed by atoms with van der Waals surface area (Å²) in [6, 6.07) is 0. The lowest BCUT2D eigenvalue weighted by Crippen LogP contribution is -2.63. The van der Waals surface area contributed by atoms with Crippen molar-refractivity contribution < 1.29 is 9.53 Å². The van der Waals surface area contributed by atoms with Crippen LogP contribution in [0, 0.1) is 45.3 Å². The molecule has 8 unspecified atom stereocenters. The number of ether oxygens (including phenoxy) is 1. The second-order valence-electron chi connectivity index (χ2n) is 13.7. The molecule has 5 aliphatic rings. The predicted octanol–water partition coefficient (Wildman–Crippen LogP) is 6.87. The number of amides is 1. The molecule has 5 rings (SSSR count). The molecule has 4 saturated carbocycles. The van der Waals surface area contributed by atoms with Gasteiger partial charge in [0.05, 0.1) is 11.5 Å². The minimum atomic E-state index is -0.136. The lowest BCUT2D eigenvalue weighted by Gasteiger charge is -2.70. The first kappa shape index (κ1) is 23.9. The lowest BCUT2D eigenvalue weighted by atomic mass is 9.35. The highest BCUT2D eigenvalue weighted by molar-refractivity contribution is 5.83. The van der Waals surface area contributed by atoms with E-state index in [0.717, 1.165) is 24.7 Å². The van der Waals surface area contributed by atoms with Gasteiger partial charge in [0.2, 0.25) is 5.91 Å². The number of rotatable bonds is 2. The van der Waals surface area contributed by atoms with Crippen LogP contribution in [0.1, 0.15) is 98.3 Å². The summed E-state index contributed by atoms with van der Waals surface area (Å²) >= 11 is 0. The number of fused-ring (bicyclic) bond motifs is 7. The van der Waals surface area contributed by atoms with Crippen LogP contribution in [0.4, 0.5) is 0 Å². The number of methoxy groups -OCH3 is 1. The third-order valence-corrected chi connectivity index (χ3v) is 12.7. The molecular weight excluding hydrogens is 406 g/mol. The van der Waals surface area contributed by atoms with Crippen molar-refractivity contribution in [3.8, 4) is 0 Å². The maximum Gasteiger partial charge on any atom is 0.228 e. The molecule has 3 nitrogen and oxygen atoms in total. The van der Waals surface area contributed by atoms with Crippen LogP contribution in [0.15, 0.2) is 11.6 Å². The van der Waals surface area contributed by atoms with E-state index in [9.17, 15) is 4.79 Å². The van der Waals surface area contributed by atoms with Gasteiger partial charge in [-0.3, -0.25) is 4.79 Å². The minimum Gasteiger partial charge on any atom is -0.381 e. The van der Waals surface area contributed by atoms with E-state index in [1.54, 1.807) is 5.57 Å². The zero-order valence-electron chi connectivity index (χ0n) is 22.5. The lowest BCUT2D eigenvalue weighted by molar-refractivity contribution is -0.184. The van der Waals surface area contributed by atoms with Gasteiger partial charge in [-0.15, -0.1) is 0 Å². The Labute approximate surface area is 203 Å². The largest absolute Gasteiger partial charge is 0.381 e. The molecule has 0 aromatic heterocycles. The Kier molecular flexibility index (Phi) is 5.67. The Morgan fingerprint density at radius 3 is 2.45 bits per heavy atom. The van der Waals surface area contributed by atoms with Crippen molar-refractivity contribution in [1.29, 1.82) is 0 Å². The van der Waals surface area contributed by atoms with Gasteiger partial charge in [-0.1, -0.05) is 52.2 Å². The SMILES string of the molecule is COC1CCC2(C)C(CCC3(C)C2CC=C2C4CCCCC4(C(=O)N(C)C)CC[C@]23C)C1C. The Morgan fingerprint density at radius 2 is 1.76 bits per heavy atom. The van der Waals surface area contributed by atoms with E-state index in [2.05, 4.69) is 33.8 Å². The van der Waals surface area contributed by atoms with Gasteiger partial charge in [0.1, 0.15) is 0 Å². The van der Waals surface area contributed by atoms with Crippen LogP contribution >= 0.6 is 0 Å². The summed E-state index contributed by atoms with van der Waals surface area (Å²) in [5, 5.41) is 0. The highest BCUT2D eigenvalue weighted by atomic mass is 16.5. The average molecular weight is 456 g/mol. The van der Waals surface area contributed by atoms with E-state index in [4.69, 9.17) is 4.74 Å². The van der Waals surface area contributed by atoms with Crippen LogP contribution in [0.5, 0.6) is 0 Å². The molecule has 5 aliphatic carbocycles. The van der Waals surface area contributed by atoms with E-state index in [1.165, 1.54) is 57.8 Å². The fourth-order valence-corrected chi connectivity index (χ4v) is 10.7. The maximum atomic E-state index is 13.6. The van der Waals surface area contributed by atoms with Crippen LogP contribution in [0.3, 0.4) is 0 Å². The van der Waals surface area contributed by atoms with Crippen molar-refractivity contribution in [2.75, 3.05) is 21.2 Å². The van der Waals surface area contributed by atoms with E-state index in [0.29, 0.717) is 34.7 Å². The molecule has 186 valence electrons. The monoisotopic (exact) mass is 455 g/mol. The predicted molar refractivity (Wildman–Crippen MR) is 135 cm³/mol. The highest BCUT2D eigenvalue weighted by Crippen LogP contribution is 2.74. The molecule has 3 heteroatoms. The van der Waals surface area contributed by atoms with Crippen molar-refractivity contribution in [2.45, 2.75) is 104 Å². The van der Waals surface area contributed by atoms with Gasteiger partial charge in [0.25, 0.3) is 0 Å². The summed E-state index contributed by atoms with van der Waals surface area (Å²) in [5.74, 6) is 3.06. The quantitative estimate of drug-likeness (QED) is 0.425. The number of nitrogens with zero attached hydrogens (tertiary/aromatic N) is 1. The zero-order chi connectivity index (χ0) is 23.8. The third kappa shape index (κ3) is 2.99. The highest BCUT2D eigenvalue weighted by Gasteiger charge is 2.67. The fourth-order valence-electron chi connectivity index (χ4n) is 10.7. The molecule has 0 radical (unpaired) electrons. The Hall–Kier alpha value is -0.830. The summed E-state index contributed by atoms with van der Waals surface area (Å²) in [7, 11) is 5.87. The molecule has 33 heavy (non-hydrogen) atoms. The number of allylic oxidation sites excluding steroid dienone is 2. The van der Waals surface area contributed by atoms with Crippen LogP contribution < -0.4 is 0 Å². The first-order valence-electron chi connectivity index (χ1n) is 14.0. The summed E-state index contributed by atoms with van der Waals surface area (Å²) < 4.78 is 5.93. The second kappa shape index (κ2) is 7.84. The van der Waals surface area contributed by atoms with Gasteiger partial charge < -0.3 is 9.64 Å². The number of carbonyl (C=O) groups is 1. The molecule has 0 aromatic rings. The van der Waals surface area contributed by atoms with Gasteiger partial charge in [-0.25, -0.2) is 0 Å². The smallest absolute Gasteiger partial charge is 0.228 e. The molecule has 9 atom stereocenters. The first-order chi connectivity index (χ1) is 15.5. The van der Waals surface area contributed by atoms with E-state index >= 15 is 0 Å². The summed E-state index contributed by atoms with van der Waals surface area (Å²) in [6.45, 7) is 10.4. The molecule has 0 heterocycles. The molecule has 1 amide bonds. The summed E-state index contributed by atoms with van der Waals surface area (Å²) in [6.07, 6.45) is 16.7. The van der Waals surface area contributed by atoms with Gasteiger partial charge in [-0.05, 0) is 97.7 Å². The van der Waals surface area contributed by atoms with Gasteiger partial charge in [0, 0.05) is 21.2 Å². The minimum absolute atomic E-state index is 0.136. The maximum absolute atomic E-state index is 13.6. The zero-order valence-corrected chi connectivity index (χ0v) is 22.5. The average Bonchev–Trinajstić information content (AvgIpc) is 2.79. The Morgan fingerprint density at radius 1 is 1.00 bits per heavy atom. The first-order valence-corrected chi connectivity index (χ1v) is 14.0. The molecule has 0 aromatic carbocycles. The molecule has 0 saturated heterocycles. The summed E-state index contributed by atoms with van der Waals surface area (Å²) in [4.78, 5) is 15.5.